The third kappa shape index (κ3) is 10.4. The summed E-state index contributed by atoms with van der Waals surface area (Å²) in [6.45, 7) is 3.27. The van der Waals surface area contributed by atoms with Crippen LogP contribution in [0.25, 0.3) is 0 Å². The summed E-state index contributed by atoms with van der Waals surface area (Å²) in [6, 6.07) is 0. The average molecular weight is 514 g/mol. The third-order valence-electron chi connectivity index (χ3n) is 4.79. The highest BCUT2D eigenvalue weighted by Crippen LogP contribution is 2.52. The molecule has 1 atom stereocenters. The van der Waals surface area contributed by atoms with Crippen LogP contribution in [-0.2, 0) is 10.0 Å². The molecule has 0 aromatic rings. The Balaban J connectivity index is 4.90. The van der Waals surface area contributed by atoms with Gasteiger partial charge in [-0.3, -0.25) is 0 Å². The van der Waals surface area contributed by atoms with E-state index in [0.717, 1.165) is 19.4 Å². The minimum absolute atomic E-state index is 0.0444. The van der Waals surface area contributed by atoms with Crippen molar-refractivity contribution in [1.82, 2.24) is 9.62 Å². The van der Waals surface area contributed by atoms with Crippen LogP contribution in [-0.4, -0.2) is 70.0 Å². The first-order valence-corrected chi connectivity index (χ1v) is 11.5. The molecule has 0 heterocycles. The molecule has 1 N–H and O–H groups in total. The molecule has 0 aliphatic rings. The van der Waals surface area contributed by atoms with Crippen LogP contribution in [0.5, 0.6) is 0 Å². The molecule has 4 nitrogen and oxygen atoms in total. The molecule has 0 aromatic heterocycles. The fourth-order valence-corrected chi connectivity index (χ4v) is 3.97. The Hall–Kier alpha value is -0.830. The van der Waals surface area contributed by atoms with Crippen molar-refractivity contribution in [2.45, 2.75) is 69.6 Å². The van der Waals surface area contributed by atoms with E-state index in [0.29, 0.717) is 13.0 Å². The predicted molar refractivity (Wildman–Crippen MR) is 98.2 cm³/mol. The van der Waals surface area contributed by atoms with Gasteiger partial charge in [0, 0.05) is 13.0 Å². The number of hydrogen-bond acceptors (Lipinski definition) is 3. The van der Waals surface area contributed by atoms with E-state index >= 15 is 0 Å². The molecule has 0 bridgehead atoms. The van der Waals surface area contributed by atoms with Gasteiger partial charge < -0.3 is 4.90 Å². The van der Waals surface area contributed by atoms with Gasteiger partial charge in [0.25, 0.3) is 5.67 Å². The Labute approximate surface area is 180 Å². The van der Waals surface area contributed by atoms with E-state index in [4.69, 9.17) is 0 Å². The van der Waals surface area contributed by atoms with Crippen LogP contribution in [0.1, 0.15) is 45.4 Å². The summed E-state index contributed by atoms with van der Waals surface area (Å²) in [7, 11) is -2.30. The molecule has 1 unspecified atom stereocenters. The highest BCUT2D eigenvalue weighted by molar-refractivity contribution is 7.89. The van der Waals surface area contributed by atoms with Crippen molar-refractivity contribution >= 4 is 10.0 Å². The summed E-state index contributed by atoms with van der Waals surface area (Å²) in [5.74, 6) is -4.29. The number of hydrogen-bond donors (Lipinski definition) is 1. The zero-order valence-electron chi connectivity index (χ0n) is 17.6. The number of rotatable bonds is 14. The predicted octanol–water partition coefficient (Wildman–Crippen LogP) is 5.21. The second-order valence-corrected chi connectivity index (χ2v) is 9.53. The summed E-state index contributed by atoms with van der Waals surface area (Å²) in [5, 5.41) is 0. The maximum Gasteiger partial charge on any atom is 0.431 e. The SMILES string of the molecule is CCCCN(C)CCCNS(=O)(=O)CCCC(CC(F)(C(F)(F)F)C(F)(F)F)C(F)(F)F. The summed E-state index contributed by atoms with van der Waals surface area (Å²) in [4.78, 5) is 1.94. The summed E-state index contributed by atoms with van der Waals surface area (Å²) < 4.78 is 154. The van der Waals surface area contributed by atoms with Gasteiger partial charge in [0.15, 0.2) is 0 Å². The van der Waals surface area contributed by atoms with Gasteiger partial charge in [-0.05, 0) is 45.8 Å². The molecule has 0 fully saturated rings. The number of alkyl halides is 10. The van der Waals surface area contributed by atoms with Gasteiger partial charge in [0.05, 0.1) is 11.7 Å². The maximum atomic E-state index is 13.7. The van der Waals surface area contributed by atoms with Crippen molar-refractivity contribution in [2.75, 3.05) is 32.4 Å². The summed E-state index contributed by atoms with van der Waals surface area (Å²) >= 11 is 0. The van der Waals surface area contributed by atoms with Crippen molar-refractivity contribution in [3.63, 3.8) is 0 Å². The monoisotopic (exact) mass is 514 g/mol. The van der Waals surface area contributed by atoms with E-state index in [1.54, 1.807) is 0 Å². The largest absolute Gasteiger partial charge is 0.431 e. The van der Waals surface area contributed by atoms with E-state index in [9.17, 15) is 52.3 Å². The molecule has 0 rings (SSSR count). The third-order valence-corrected chi connectivity index (χ3v) is 6.26. The van der Waals surface area contributed by atoms with E-state index in [2.05, 4.69) is 4.72 Å². The number of nitrogens with zero attached hydrogens (tertiary/aromatic N) is 1. The molecule has 0 aliphatic heterocycles. The summed E-state index contributed by atoms with van der Waals surface area (Å²) in [6.07, 6.45) is -21.8. The molecule has 0 aromatic carbocycles. The van der Waals surface area contributed by atoms with Gasteiger partial charge in [0.1, 0.15) is 0 Å². The lowest BCUT2D eigenvalue weighted by molar-refractivity contribution is -0.352. The van der Waals surface area contributed by atoms with Gasteiger partial charge in [-0.15, -0.1) is 0 Å². The van der Waals surface area contributed by atoms with E-state index in [1.807, 2.05) is 18.9 Å². The normalized spacial score (nSPS) is 15.4. The fraction of sp³-hybridized carbons (Fsp3) is 1.00. The quantitative estimate of drug-likeness (QED) is 0.256. The molecule has 0 saturated carbocycles. The minimum atomic E-state index is -6.62. The van der Waals surface area contributed by atoms with Crippen LogP contribution in [0.3, 0.4) is 0 Å². The Morgan fingerprint density at radius 3 is 1.78 bits per heavy atom. The Kier molecular flexibility index (Phi) is 11.7. The van der Waals surface area contributed by atoms with Crippen molar-refractivity contribution in [1.29, 1.82) is 0 Å². The summed E-state index contributed by atoms with van der Waals surface area (Å²) in [5.41, 5.74) is -6.07. The Morgan fingerprint density at radius 2 is 1.34 bits per heavy atom. The van der Waals surface area contributed by atoms with Gasteiger partial charge in [-0.1, -0.05) is 13.3 Å². The first-order valence-electron chi connectivity index (χ1n) is 9.82. The molecule has 32 heavy (non-hydrogen) atoms. The highest BCUT2D eigenvalue weighted by atomic mass is 32.2. The molecule has 0 spiro atoms. The number of sulfonamides is 1. The second kappa shape index (κ2) is 12.0. The van der Waals surface area contributed by atoms with Gasteiger partial charge in [-0.25, -0.2) is 17.5 Å². The van der Waals surface area contributed by atoms with Crippen molar-refractivity contribution in [3.05, 3.63) is 0 Å². The zero-order valence-corrected chi connectivity index (χ0v) is 18.4. The van der Waals surface area contributed by atoms with Crippen molar-refractivity contribution < 1.29 is 52.3 Å². The minimum Gasteiger partial charge on any atom is -0.306 e. The smallest absolute Gasteiger partial charge is 0.306 e. The van der Waals surface area contributed by atoms with Crippen LogP contribution in [0.4, 0.5) is 43.9 Å². The Bertz CT molecular complexity index is 633. The number of nitrogens with one attached hydrogen (secondary N) is 1. The molecule has 194 valence electrons. The van der Waals surface area contributed by atoms with Crippen LogP contribution in [0, 0.1) is 5.92 Å². The van der Waals surface area contributed by atoms with E-state index in [1.165, 1.54) is 0 Å². The van der Waals surface area contributed by atoms with Crippen LogP contribution in [0.15, 0.2) is 0 Å². The first kappa shape index (κ1) is 31.2. The van der Waals surface area contributed by atoms with E-state index in [-0.39, 0.29) is 6.54 Å². The zero-order chi connectivity index (χ0) is 25.4. The van der Waals surface area contributed by atoms with Crippen molar-refractivity contribution in [2.24, 2.45) is 5.92 Å². The first-order chi connectivity index (χ1) is 14.3. The molecule has 0 saturated heterocycles. The maximum absolute atomic E-state index is 13.7. The molecule has 0 aliphatic carbocycles. The molecule has 0 radical (unpaired) electrons. The lowest BCUT2D eigenvalue weighted by atomic mass is 9.87. The highest BCUT2D eigenvalue weighted by Gasteiger charge is 2.73. The van der Waals surface area contributed by atoms with E-state index < -0.39 is 65.2 Å². The van der Waals surface area contributed by atoms with Crippen LogP contribution in [0.2, 0.25) is 0 Å². The number of unbranched alkanes of at least 4 members (excludes halogenated alkanes) is 1. The molecule has 15 heteroatoms. The number of halogens is 10. The van der Waals surface area contributed by atoms with Crippen molar-refractivity contribution in [3.8, 4) is 0 Å². The van der Waals surface area contributed by atoms with Gasteiger partial charge >= 0.3 is 18.5 Å². The topological polar surface area (TPSA) is 49.4 Å². The molecular formula is C17H28F10N2O2S. The Morgan fingerprint density at radius 1 is 0.844 bits per heavy atom. The average Bonchev–Trinajstić information content (AvgIpc) is 2.59. The molecule has 0 amide bonds. The van der Waals surface area contributed by atoms with Gasteiger partial charge in [0.2, 0.25) is 10.0 Å². The second-order valence-electron chi connectivity index (χ2n) is 7.61. The molecular weight excluding hydrogens is 486 g/mol. The standard InChI is InChI=1S/C17H28F10N2O2S/c1-3-4-9-29(2)10-6-8-28-32(30,31)11-5-7-13(15(19,20)21)12-14(18,16(22,23)24)17(25,26)27/h13,28H,3-12H2,1-2H3. The lowest BCUT2D eigenvalue weighted by Crippen LogP contribution is -2.55. The van der Waals surface area contributed by atoms with Crippen LogP contribution < -0.4 is 4.72 Å². The lowest BCUT2D eigenvalue weighted by Gasteiger charge is -2.33. The fourth-order valence-electron chi connectivity index (χ4n) is 2.82. The van der Waals surface area contributed by atoms with Crippen LogP contribution >= 0.6 is 0 Å². The van der Waals surface area contributed by atoms with Gasteiger partial charge in [-0.2, -0.15) is 39.5 Å².